The second-order valence-electron chi connectivity index (χ2n) is 7.54. The molecule has 0 unspecified atom stereocenters. The molecule has 0 radical (unpaired) electrons. The topological polar surface area (TPSA) is 67.2 Å². The Balaban J connectivity index is 1.74. The van der Waals surface area contributed by atoms with Gasteiger partial charge in [0.05, 0.1) is 0 Å². The maximum absolute atomic E-state index is 14.5. The van der Waals surface area contributed by atoms with Crippen LogP contribution in [0.25, 0.3) is 23.8 Å². The molecular weight excluding hydrogens is 418 g/mol. The van der Waals surface area contributed by atoms with Crippen LogP contribution < -0.4 is 4.74 Å². The van der Waals surface area contributed by atoms with Gasteiger partial charge in [-0.1, -0.05) is 36.9 Å². The van der Waals surface area contributed by atoms with Gasteiger partial charge in [-0.05, 0) is 79.0 Å². The van der Waals surface area contributed by atoms with E-state index in [1.807, 2.05) is 79.9 Å². The van der Waals surface area contributed by atoms with Crippen molar-refractivity contribution in [3.8, 4) is 5.75 Å². The number of aliphatic carboxylic acids is 1. The number of hydrogen-bond acceptors (Lipinski definition) is 2. The lowest BCUT2D eigenvalue weighted by atomic mass is 9.90. The van der Waals surface area contributed by atoms with E-state index in [1.54, 1.807) is 16.6 Å². The van der Waals surface area contributed by atoms with Crippen LogP contribution in [0.15, 0.2) is 79.0 Å². The number of ether oxygens (including phenoxy) is 1. The third-order valence-corrected chi connectivity index (χ3v) is 4.89. The number of benzene rings is 1. The van der Waals surface area contributed by atoms with Crippen molar-refractivity contribution in [1.29, 1.82) is 0 Å². The second kappa shape index (κ2) is 11.0. The quantitative estimate of drug-likeness (QED) is 0.295. The molecule has 0 saturated heterocycles. The predicted octanol–water partition coefficient (Wildman–Crippen LogP) is 6.06. The highest BCUT2D eigenvalue weighted by Gasteiger charge is 2.15. The summed E-state index contributed by atoms with van der Waals surface area (Å²) in [5, 5.41) is 8.68. The van der Waals surface area contributed by atoms with Gasteiger partial charge in [-0.25, -0.2) is 4.79 Å². The summed E-state index contributed by atoms with van der Waals surface area (Å²) in [5.41, 5.74) is 5.16. The van der Waals surface area contributed by atoms with Crippen LogP contribution in [-0.4, -0.2) is 34.3 Å². The molecule has 0 aliphatic heterocycles. The first-order valence-corrected chi connectivity index (χ1v) is 10.5. The third-order valence-electron chi connectivity index (χ3n) is 4.89. The first-order chi connectivity index (χ1) is 15.8. The Morgan fingerprint density at radius 3 is 2.52 bits per heavy atom. The standard InChI is InChI=1S/C26H26BFN2O3/c1-19(6-7-20(2)25-5-4-16-29-25)17-23-13-12-22(30(23)27(3)28)11-8-21-9-14-24(15-10-21)33-18-26(31)32/h4-17,29H,2,18H2,1,3H3,(H,31,32)/b7-6-,11-8+,19-17+. The van der Waals surface area contributed by atoms with E-state index in [-0.39, 0.29) is 6.61 Å². The minimum absolute atomic E-state index is 0.387. The number of allylic oxidation sites excluding steroid dienone is 4. The van der Waals surface area contributed by atoms with Gasteiger partial charge >= 0.3 is 13.1 Å². The average Bonchev–Trinajstić information content (AvgIpc) is 3.45. The molecule has 33 heavy (non-hydrogen) atoms. The van der Waals surface area contributed by atoms with E-state index < -0.39 is 13.1 Å². The van der Waals surface area contributed by atoms with Crippen LogP contribution in [-0.2, 0) is 4.79 Å². The smallest absolute Gasteiger partial charge is 0.462 e. The first kappa shape index (κ1) is 23.7. The molecule has 0 atom stereocenters. The Bertz CT molecular complexity index is 1190. The van der Waals surface area contributed by atoms with E-state index >= 15 is 0 Å². The van der Waals surface area contributed by atoms with Crippen molar-refractivity contribution in [3.63, 3.8) is 0 Å². The SMILES string of the molecule is C=C(/C=C\C(C)=C\c1ccc(/C=C/c2ccc(OCC(=O)O)cc2)n1B(C)F)c1ccc[nH]1. The van der Waals surface area contributed by atoms with Crippen molar-refractivity contribution >= 4 is 36.9 Å². The summed E-state index contributed by atoms with van der Waals surface area (Å²) in [6, 6.07) is 14.7. The van der Waals surface area contributed by atoms with Gasteiger partial charge in [-0.15, -0.1) is 0 Å². The Hall–Kier alpha value is -4.00. The lowest BCUT2D eigenvalue weighted by Crippen LogP contribution is -2.17. The van der Waals surface area contributed by atoms with Crippen LogP contribution in [0.5, 0.6) is 5.75 Å². The Morgan fingerprint density at radius 2 is 1.88 bits per heavy atom. The number of carboxylic acids is 1. The highest BCUT2D eigenvalue weighted by molar-refractivity contribution is 6.48. The number of carboxylic acid groups (broad SMARTS) is 1. The monoisotopic (exact) mass is 444 g/mol. The molecule has 7 heteroatoms. The molecule has 2 aromatic heterocycles. The molecule has 1 aromatic carbocycles. The first-order valence-electron chi connectivity index (χ1n) is 10.5. The van der Waals surface area contributed by atoms with Gasteiger partial charge in [0.15, 0.2) is 6.61 Å². The molecular formula is C26H26BFN2O3. The van der Waals surface area contributed by atoms with Crippen molar-refractivity contribution < 1.29 is 19.0 Å². The minimum Gasteiger partial charge on any atom is -0.482 e. The third kappa shape index (κ3) is 6.74. The minimum atomic E-state index is -1.21. The van der Waals surface area contributed by atoms with Gasteiger partial charge in [0.25, 0.3) is 0 Å². The molecule has 0 bridgehead atoms. The lowest BCUT2D eigenvalue weighted by molar-refractivity contribution is -0.139. The second-order valence-corrected chi connectivity index (χ2v) is 7.54. The van der Waals surface area contributed by atoms with E-state index in [0.29, 0.717) is 5.75 Å². The van der Waals surface area contributed by atoms with Gasteiger partial charge in [0, 0.05) is 23.3 Å². The number of carbonyl (C=O) groups is 1. The molecule has 0 aliphatic rings. The van der Waals surface area contributed by atoms with Gasteiger partial charge < -0.3 is 23.6 Å². The molecule has 0 fully saturated rings. The van der Waals surface area contributed by atoms with Crippen molar-refractivity contribution in [2.75, 3.05) is 6.61 Å². The molecule has 0 saturated carbocycles. The number of hydrogen-bond donors (Lipinski definition) is 2. The van der Waals surface area contributed by atoms with Crippen LogP contribution in [0.1, 0.15) is 29.6 Å². The summed E-state index contributed by atoms with van der Waals surface area (Å²) < 4.78 is 21.2. The van der Waals surface area contributed by atoms with E-state index in [9.17, 15) is 9.11 Å². The zero-order valence-electron chi connectivity index (χ0n) is 18.7. The molecule has 3 rings (SSSR count). The maximum Gasteiger partial charge on any atom is 0.462 e. The van der Waals surface area contributed by atoms with Crippen LogP contribution in [0.2, 0.25) is 6.82 Å². The lowest BCUT2D eigenvalue weighted by Gasteiger charge is -2.09. The highest BCUT2D eigenvalue weighted by atomic mass is 19.1. The molecule has 0 spiro atoms. The van der Waals surface area contributed by atoms with Crippen molar-refractivity contribution in [2.45, 2.75) is 13.7 Å². The summed E-state index contributed by atoms with van der Waals surface area (Å²) in [5.74, 6) is -0.550. The summed E-state index contributed by atoms with van der Waals surface area (Å²) >= 11 is 0. The predicted molar refractivity (Wildman–Crippen MR) is 134 cm³/mol. The summed E-state index contributed by atoms with van der Waals surface area (Å²) in [6.07, 6.45) is 11.4. The highest BCUT2D eigenvalue weighted by Crippen LogP contribution is 2.20. The number of nitrogens with zero attached hydrogens (tertiary/aromatic N) is 1. The molecule has 3 aromatic rings. The summed E-state index contributed by atoms with van der Waals surface area (Å²) in [7, 11) is -1.21. The summed E-state index contributed by atoms with van der Waals surface area (Å²) in [4.78, 5) is 13.7. The number of rotatable bonds is 10. The Labute approximate surface area is 193 Å². The molecule has 0 amide bonds. The number of nitrogens with one attached hydrogen (secondary N) is 1. The van der Waals surface area contributed by atoms with Gasteiger partial charge in [0.1, 0.15) is 5.75 Å². The van der Waals surface area contributed by atoms with Crippen molar-refractivity contribution in [2.24, 2.45) is 0 Å². The van der Waals surface area contributed by atoms with Gasteiger partial charge in [-0.2, -0.15) is 0 Å². The number of halogens is 1. The van der Waals surface area contributed by atoms with Crippen LogP contribution >= 0.6 is 0 Å². The normalized spacial score (nSPS) is 11.9. The zero-order valence-corrected chi connectivity index (χ0v) is 18.7. The van der Waals surface area contributed by atoms with Crippen molar-refractivity contribution in [1.82, 2.24) is 9.46 Å². The fourth-order valence-corrected chi connectivity index (χ4v) is 3.28. The van der Waals surface area contributed by atoms with Gasteiger partial charge in [-0.3, -0.25) is 0 Å². The zero-order chi connectivity index (χ0) is 23.8. The molecule has 5 nitrogen and oxygen atoms in total. The molecule has 2 N–H and O–H groups in total. The molecule has 168 valence electrons. The van der Waals surface area contributed by atoms with Crippen LogP contribution in [0.3, 0.4) is 0 Å². The Morgan fingerprint density at radius 1 is 1.15 bits per heavy atom. The van der Waals surface area contributed by atoms with Gasteiger partial charge in [0.2, 0.25) is 0 Å². The fourth-order valence-electron chi connectivity index (χ4n) is 3.28. The number of aromatic amines is 1. The average molecular weight is 444 g/mol. The molecule has 2 heterocycles. The molecule has 0 aliphatic carbocycles. The maximum atomic E-state index is 14.5. The number of aromatic nitrogens is 2. The van der Waals surface area contributed by atoms with Crippen molar-refractivity contribution in [3.05, 3.63) is 102 Å². The van der Waals surface area contributed by atoms with E-state index in [4.69, 9.17) is 9.84 Å². The van der Waals surface area contributed by atoms with Crippen LogP contribution in [0, 0.1) is 0 Å². The number of H-pyrrole nitrogens is 1. The summed E-state index contributed by atoms with van der Waals surface area (Å²) in [6.45, 7) is 7.12. The Kier molecular flexibility index (Phi) is 7.92. The van der Waals surface area contributed by atoms with E-state index in [0.717, 1.165) is 33.8 Å². The van der Waals surface area contributed by atoms with E-state index in [1.165, 1.54) is 6.82 Å². The fraction of sp³-hybridized carbons (Fsp3) is 0.115. The van der Waals surface area contributed by atoms with E-state index in [2.05, 4.69) is 11.6 Å². The largest absolute Gasteiger partial charge is 0.482 e. The van der Waals surface area contributed by atoms with Crippen LogP contribution in [0.4, 0.5) is 4.32 Å².